The van der Waals surface area contributed by atoms with Crippen LogP contribution in [0.1, 0.15) is 36.3 Å². The largest absolute Gasteiger partial charge is 0.361 e. The first-order valence-corrected chi connectivity index (χ1v) is 8.32. The summed E-state index contributed by atoms with van der Waals surface area (Å²) in [5, 5.41) is 12.1. The van der Waals surface area contributed by atoms with Crippen LogP contribution < -0.4 is 4.90 Å². The summed E-state index contributed by atoms with van der Waals surface area (Å²) >= 11 is 0. The Hall–Kier alpha value is -2.44. The van der Waals surface area contributed by atoms with Crippen LogP contribution in [0.25, 0.3) is 0 Å². The normalized spacial score (nSPS) is 16.8. The van der Waals surface area contributed by atoms with E-state index in [1.165, 1.54) is 0 Å². The summed E-state index contributed by atoms with van der Waals surface area (Å²) in [6, 6.07) is 3.84. The first-order chi connectivity index (χ1) is 11.6. The van der Waals surface area contributed by atoms with Gasteiger partial charge in [0.1, 0.15) is 5.76 Å². The first kappa shape index (κ1) is 16.4. The van der Waals surface area contributed by atoms with Crippen LogP contribution >= 0.6 is 0 Å². The van der Waals surface area contributed by atoms with Gasteiger partial charge in [-0.25, -0.2) is 0 Å². The number of carbonyl (C=O) groups excluding carboxylic acids is 1. The lowest BCUT2D eigenvalue weighted by Gasteiger charge is -2.25. The van der Waals surface area contributed by atoms with Crippen molar-refractivity contribution in [2.75, 3.05) is 31.1 Å². The van der Waals surface area contributed by atoms with E-state index in [-0.39, 0.29) is 11.8 Å². The molecule has 1 amide bonds. The molecule has 0 spiro atoms. The van der Waals surface area contributed by atoms with Crippen molar-refractivity contribution in [1.29, 1.82) is 0 Å². The summed E-state index contributed by atoms with van der Waals surface area (Å²) in [7, 11) is 0. The Kier molecular flexibility index (Phi) is 4.78. The maximum absolute atomic E-state index is 12.9. The molecule has 7 nitrogen and oxygen atoms in total. The van der Waals surface area contributed by atoms with E-state index in [0.29, 0.717) is 6.54 Å². The van der Waals surface area contributed by atoms with E-state index >= 15 is 0 Å². The van der Waals surface area contributed by atoms with Crippen molar-refractivity contribution in [3.05, 3.63) is 35.3 Å². The number of hydrogen-bond acceptors (Lipinski definition) is 6. The fourth-order valence-corrected chi connectivity index (χ4v) is 3.33. The molecule has 1 atom stereocenters. The van der Waals surface area contributed by atoms with E-state index < -0.39 is 0 Å². The molecule has 1 fully saturated rings. The molecule has 24 heavy (non-hydrogen) atoms. The molecule has 7 heteroatoms. The molecule has 128 valence electrons. The number of amides is 1. The Balaban J connectivity index is 1.68. The van der Waals surface area contributed by atoms with Crippen molar-refractivity contribution in [2.45, 2.75) is 33.1 Å². The molecule has 1 aliphatic rings. The van der Waals surface area contributed by atoms with E-state index in [4.69, 9.17) is 4.52 Å². The molecule has 3 rings (SSSR count). The average Bonchev–Trinajstić information content (AvgIpc) is 2.80. The Morgan fingerprint density at radius 3 is 2.75 bits per heavy atom. The topological polar surface area (TPSA) is 75.4 Å². The van der Waals surface area contributed by atoms with Crippen LogP contribution in [0.15, 0.2) is 22.9 Å². The van der Waals surface area contributed by atoms with Crippen LogP contribution in [-0.2, 0) is 4.79 Å². The molecule has 0 radical (unpaired) electrons. The number of aromatic nitrogens is 3. The monoisotopic (exact) mass is 329 g/mol. The minimum absolute atomic E-state index is 0.130. The maximum Gasteiger partial charge on any atom is 0.230 e. The summed E-state index contributed by atoms with van der Waals surface area (Å²) in [5.41, 5.74) is 1.71. The quantitative estimate of drug-likeness (QED) is 0.856. The van der Waals surface area contributed by atoms with Crippen LogP contribution in [0.3, 0.4) is 0 Å². The highest BCUT2D eigenvalue weighted by atomic mass is 16.5. The molecular formula is C17H23N5O2. The highest BCUT2D eigenvalue weighted by molar-refractivity contribution is 5.84. The molecule has 2 aromatic rings. The first-order valence-electron chi connectivity index (χ1n) is 8.32. The number of nitrogens with zero attached hydrogens (tertiary/aromatic N) is 5. The van der Waals surface area contributed by atoms with E-state index in [1.54, 1.807) is 6.20 Å². The lowest BCUT2D eigenvalue weighted by molar-refractivity contribution is -0.132. The van der Waals surface area contributed by atoms with E-state index in [9.17, 15) is 4.79 Å². The molecule has 0 bridgehead atoms. The van der Waals surface area contributed by atoms with Crippen LogP contribution in [0.2, 0.25) is 0 Å². The predicted octanol–water partition coefficient (Wildman–Crippen LogP) is 1.92. The van der Waals surface area contributed by atoms with Crippen molar-refractivity contribution in [3.63, 3.8) is 0 Å². The summed E-state index contributed by atoms with van der Waals surface area (Å²) < 4.78 is 5.21. The van der Waals surface area contributed by atoms with Gasteiger partial charge in [0.2, 0.25) is 5.91 Å². The Morgan fingerprint density at radius 1 is 1.25 bits per heavy atom. The van der Waals surface area contributed by atoms with E-state index in [2.05, 4.69) is 20.3 Å². The molecule has 0 aromatic carbocycles. The molecule has 0 unspecified atom stereocenters. The third kappa shape index (κ3) is 3.25. The predicted molar refractivity (Wildman–Crippen MR) is 89.8 cm³/mol. The third-order valence-corrected chi connectivity index (χ3v) is 4.58. The zero-order valence-electron chi connectivity index (χ0n) is 14.4. The minimum Gasteiger partial charge on any atom is -0.361 e. The zero-order chi connectivity index (χ0) is 17.1. The molecule has 3 heterocycles. The summed E-state index contributed by atoms with van der Waals surface area (Å²) in [6.45, 7) is 8.75. The highest BCUT2D eigenvalue weighted by Crippen LogP contribution is 2.25. The molecule has 2 aromatic heterocycles. The fraction of sp³-hybridized carbons (Fsp3) is 0.529. The summed E-state index contributed by atoms with van der Waals surface area (Å²) in [6.07, 6.45) is 2.58. The van der Waals surface area contributed by atoms with Crippen molar-refractivity contribution in [3.8, 4) is 0 Å². The second-order valence-electron chi connectivity index (χ2n) is 6.21. The van der Waals surface area contributed by atoms with Crippen molar-refractivity contribution < 1.29 is 9.32 Å². The van der Waals surface area contributed by atoms with Crippen molar-refractivity contribution >= 4 is 11.7 Å². The number of hydrogen-bond donors (Lipinski definition) is 0. The number of rotatable bonds is 3. The van der Waals surface area contributed by atoms with Gasteiger partial charge in [-0.15, -0.1) is 5.10 Å². The van der Waals surface area contributed by atoms with Crippen molar-refractivity contribution in [1.82, 2.24) is 20.3 Å². The van der Waals surface area contributed by atoms with Gasteiger partial charge < -0.3 is 14.3 Å². The van der Waals surface area contributed by atoms with Gasteiger partial charge in [0.05, 0.1) is 11.6 Å². The number of carbonyl (C=O) groups is 1. The Labute approximate surface area is 141 Å². The summed E-state index contributed by atoms with van der Waals surface area (Å²) in [4.78, 5) is 17.0. The average molecular weight is 329 g/mol. The van der Waals surface area contributed by atoms with Crippen molar-refractivity contribution in [2.24, 2.45) is 0 Å². The fourth-order valence-electron chi connectivity index (χ4n) is 3.33. The van der Waals surface area contributed by atoms with Gasteiger partial charge in [-0.3, -0.25) is 4.79 Å². The molecule has 0 aliphatic carbocycles. The smallest absolute Gasteiger partial charge is 0.230 e. The lowest BCUT2D eigenvalue weighted by atomic mass is 9.98. The van der Waals surface area contributed by atoms with Crippen LogP contribution in [0.4, 0.5) is 5.82 Å². The number of aryl methyl sites for hydroxylation is 2. The second kappa shape index (κ2) is 6.98. The van der Waals surface area contributed by atoms with E-state index in [1.807, 2.05) is 37.8 Å². The van der Waals surface area contributed by atoms with Gasteiger partial charge in [-0.1, -0.05) is 5.16 Å². The molecular weight excluding hydrogens is 306 g/mol. The molecule has 1 saturated heterocycles. The number of anilines is 1. The van der Waals surface area contributed by atoms with Crippen LogP contribution in [-0.4, -0.2) is 52.3 Å². The highest BCUT2D eigenvalue weighted by Gasteiger charge is 2.28. The summed E-state index contributed by atoms with van der Waals surface area (Å²) in [5.74, 6) is 1.49. The van der Waals surface area contributed by atoms with Gasteiger partial charge >= 0.3 is 0 Å². The Bertz CT molecular complexity index is 681. The van der Waals surface area contributed by atoms with Gasteiger partial charge in [0.25, 0.3) is 0 Å². The second-order valence-corrected chi connectivity index (χ2v) is 6.21. The van der Waals surface area contributed by atoms with E-state index in [0.717, 1.165) is 48.9 Å². The maximum atomic E-state index is 12.9. The zero-order valence-corrected chi connectivity index (χ0v) is 14.4. The van der Waals surface area contributed by atoms with Gasteiger partial charge in [-0.2, -0.15) is 5.10 Å². The van der Waals surface area contributed by atoms with Gasteiger partial charge in [-0.05, 0) is 39.3 Å². The van der Waals surface area contributed by atoms with Crippen LogP contribution in [0.5, 0.6) is 0 Å². The molecule has 0 N–H and O–H groups in total. The lowest BCUT2D eigenvalue weighted by Crippen LogP contribution is -2.38. The molecule has 0 saturated carbocycles. The standard InChI is InChI=1S/C17H23N5O2/c1-12(16-13(2)20-24-14(16)3)17(23)22-9-5-8-21(10-11-22)15-6-4-7-18-19-15/h4,6-7,12H,5,8-11H2,1-3H3/t12-/m0/s1. The Morgan fingerprint density at radius 2 is 2.08 bits per heavy atom. The SMILES string of the molecule is Cc1noc(C)c1[C@H](C)C(=O)N1CCCN(c2cccnn2)CC1. The van der Waals surface area contributed by atoms with Gasteiger partial charge in [0, 0.05) is 37.9 Å². The molecule has 1 aliphatic heterocycles. The van der Waals surface area contributed by atoms with Crippen LogP contribution in [0, 0.1) is 13.8 Å². The minimum atomic E-state index is -0.237. The van der Waals surface area contributed by atoms with Gasteiger partial charge in [0.15, 0.2) is 5.82 Å². The third-order valence-electron chi connectivity index (χ3n) is 4.58.